The number of nitrogens with zero attached hydrogens (tertiary/aromatic N) is 1. The van der Waals surface area contributed by atoms with E-state index in [4.69, 9.17) is 9.84 Å². The van der Waals surface area contributed by atoms with Crippen LogP contribution in [0.4, 0.5) is 0 Å². The highest BCUT2D eigenvalue weighted by molar-refractivity contribution is 5.39. The van der Waals surface area contributed by atoms with Gasteiger partial charge in [0.25, 0.3) is 0 Å². The van der Waals surface area contributed by atoms with Gasteiger partial charge in [0, 0.05) is 24.8 Å². The lowest BCUT2D eigenvalue weighted by atomic mass is 10.1. The average Bonchev–Trinajstić information content (AvgIpc) is 2.88. The minimum absolute atomic E-state index is 0.259. The Hall–Kier alpha value is -1.26. The van der Waals surface area contributed by atoms with Crippen molar-refractivity contribution in [2.24, 2.45) is 0 Å². The molecular weight excluding hydrogens is 254 g/mol. The van der Waals surface area contributed by atoms with Gasteiger partial charge < -0.3 is 14.9 Å². The van der Waals surface area contributed by atoms with E-state index >= 15 is 0 Å². The maximum atomic E-state index is 10.0. The first-order valence-corrected chi connectivity index (χ1v) is 7.54. The summed E-state index contributed by atoms with van der Waals surface area (Å²) in [5.41, 5.74) is 0.923. The molecule has 1 aromatic rings. The first-order chi connectivity index (χ1) is 9.74. The highest BCUT2D eigenvalue weighted by Crippen LogP contribution is 2.29. The summed E-state index contributed by atoms with van der Waals surface area (Å²) in [6.07, 6.45) is 4.27. The van der Waals surface area contributed by atoms with Gasteiger partial charge in [-0.25, -0.2) is 0 Å². The Kier molecular flexibility index (Phi) is 5.68. The van der Waals surface area contributed by atoms with Crippen LogP contribution in [0.15, 0.2) is 18.2 Å². The lowest BCUT2D eigenvalue weighted by Gasteiger charge is -2.24. The Balaban J connectivity index is 2.02. The second-order valence-electron chi connectivity index (χ2n) is 5.36. The van der Waals surface area contributed by atoms with Crippen molar-refractivity contribution in [3.05, 3.63) is 23.8 Å². The summed E-state index contributed by atoms with van der Waals surface area (Å²) < 4.78 is 5.50. The van der Waals surface area contributed by atoms with Crippen molar-refractivity contribution in [1.82, 2.24) is 4.90 Å². The van der Waals surface area contributed by atoms with E-state index in [1.165, 1.54) is 12.8 Å². The number of phenols is 1. The summed E-state index contributed by atoms with van der Waals surface area (Å²) in [5, 5.41) is 19.0. The molecule has 0 amide bonds. The molecule has 1 aliphatic rings. The number of aliphatic hydroxyl groups is 1. The van der Waals surface area contributed by atoms with Crippen LogP contribution in [0.5, 0.6) is 11.5 Å². The molecule has 0 saturated carbocycles. The number of hydrogen-bond donors (Lipinski definition) is 2. The van der Waals surface area contributed by atoms with Gasteiger partial charge in [0.15, 0.2) is 0 Å². The predicted octanol–water partition coefficient (Wildman–Crippen LogP) is 2.53. The molecule has 112 valence electrons. The molecule has 0 aliphatic carbocycles. The van der Waals surface area contributed by atoms with Gasteiger partial charge in [-0.15, -0.1) is 0 Å². The molecule has 2 rings (SSSR count). The summed E-state index contributed by atoms with van der Waals surface area (Å²) in [5.74, 6) is 1.15. The molecule has 1 aromatic carbocycles. The van der Waals surface area contributed by atoms with Gasteiger partial charge in [0.2, 0.25) is 0 Å². The van der Waals surface area contributed by atoms with Crippen molar-refractivity contribution in [2.75, 3.05) is 19.8 Å². The second kappa shape index (κ2) is 7.50. The minimum atomic E-state index is 0.259. The van der Waals surface area contributed by atoms with Crippen LogP contribution in [0.25, 0.3) is 0 Å². The molecule has 0 spiro atoms. The molecule has 1 aliphatic heterocycles. The molecule has 1 fully saturated rings. The van der Waals surface area contributed by atoms with Crippen LogP contribution in [0.3, 0.4) is 0 Å². The second-order valence-corrected chi connectivity index (χ2v) is 5.36. The zero-order valence-electron chi connectivity index (χ0n) is 12.2. The number of rotatable bonds is 7. The van der Waals surface area contributed by atoms with Crippen LogP contribution in [0.2, 0.25) is 0 Å². The minimum Gasteiger partial charge on any atom is -0.508 e. The zero-order chi connectivity index (χ0) is 14.4. The average molecular weight is 279 g/mol. The number of benzene rings is 1. The molecule has 20 heavy (non-hydrogen) atoms. The summed E-state index contributed by atoms with van der Waals surface area (Å²) >= 11 is 0. The Morgan fingerprint density at radius 1 is 1.40 bits per heavy atom. The number of phenolic OH excluding ortho intramolecular Hbond substituents is 1. The molecule has 0 radical (unpaired) electrons. The highest BCUT2D eigenvalue weighted by Gasteiger charge is 2.24. The van der Waals surface area contributed by atoms with Crippen LogP contribution in [-0.4, -0.2) is 40.9 Å². The fraction of sp³-hybridized carbons (Fsp3) is 0.625. The van der Waals surface area contributed by atoms with Gasteiger partial charge in [-0.05, 0) is 57.4 Å². The van der Waals surface area contributed by atoms with Gasteiger partial charge in [-0.2, -0.15) is 0 Å². The normalized spacial score (nSPS) is 19.4. The van der Waals surface area contributed by atoms with Gasteiger partial charge >= 0.3 is 0 Å². The lowest BCUT2D eigenvalue weighted by molar-refractivity contribution is 0.208. The van der Waals surface area contributed by atoms with Gasteiger partial charge in [-0.3, -0.25) is 4.90 Å². The number of likely N-dealkylation sites (tertiary alicyclic amines) is 1. The van der Waals surface area contributed by atoms with Crippen molar-refractivity contribution < 1.29 is 14.9 Å². The van der Waals surface area contributed by atoms with Crippen LogP contribution in [0.1, 0.15) is 38.2 Å². The van der Waals surface area contributed by atoms with E-state index in [1.807, 2.05) is 13.0 Å². The number of ether oxygens (including phenoxy) is 1. The smallest absolute Gasteiger partial charge is 0.120 e. The Morgan fingerprint density at radius 3 is 3.00 bits per heavy atom. The largest absolute Gasteiger partial charge is 0.508 e. The molecule has 1 atom stereocenters. The molecular formula is C16H25NO3. The Bertz CT molecular complexity index is 422. The third-order valence-electron chi connectivity index (χ3n) is 3.93. The summed E-state index contributed by atoms with van der Waals surface area (Å²) in [6.45, 7) is 4.66. The van der Waals surface area contributed by atoms with Crippen LogP contribution in [0, 0.1) is 0 Å². The number of aromatic hydroxyl groups is 1. The third-order valence-corrected chi connectivity index (χ3v) is 3.93. The number of aliphatic hydroxyl groups excluding tert-OH is 1. The van der Waals surface area contributed by atoms with E-state index in [9.17, 15) is 5.11 Å². The number of hydrogen-bond acceptors (Lipinski definition) is 4. The van der Waals surface area contributed by atoms with Crippen molar-refractivity contribution in [3.8, 4) is 11.5 Å². The molecule has 2 N–H and O–H groups in total. The maximum absolute atomic E-state index is 10.0. The topological polar surface area (TPSA) is 52.9 Å². The molecule has 0 bridgehead atoms. The fourth-order valence-corrected chi connectivity index (χ4v) is 2.92. The first-order valence-electron chi connectivity index (χ1n) is 7.54. The molecule has 1 unspecified atom stereocenters. The van der Waals surface area contributed by atoms with Crippen LogP contribution < -0.4 is 4.74 Å². The molecule has 4 heteroatoms. The maximum Gasteiger partial charge on any atom is 0.120 e. The van der Waals surface area contributed by atoms with Crippen LogP contribution >= 0.6 is 0 Å². The lowest BCUT2D eigenvalue weighted by Crippen LogP contribution is -2.29. The van der Waals surface area contributed by atoms with Crippen molar-refractivity contribution >= 4 is 0 Å². The third kappa shape index (κ3) is 3.87. The predicted molar refractivity (Wildman–Crippen MR) is 79.0 cm³/mol. The van der Waals surface area contributed by atoms with Gasteiger partial charge in [0.05, 0.1) is 6.61 Å². The fourth-order valence-electron chi connectivity index (χ4n) is 2.92. The van der Waals surface area contributed by atoms with E-state index in [0.29, 0.717) is 18.4 Å². The monoisotopic (exact) mass is 279 g/mol. The quantitative estimate of drug-likeness (QED) is 0.805. The van der Waals surface area contributed by atoms with Crippen LogP contribution in [-0.2, 0) is 6.54 Å². The summed E-state index contributed by atoms with van der Waals surface area (Å²) in [4.78, 5) is 2.40. The summed E-state index contributed by atoms with van der Waals surface area (Å²) in [7, 11) is 0. The van der Waals surface area contributed by atoms with E-state index < -0.39 is 0 Å². The molecule has 1 saturated heterocycles. The van der Waals surface area contributed by atoms with Crippen molar-refractivity contribution in [3.63, 3.8) is 0 Å². The zero-order valence-corrected chi connectivity index (χ0v) is 12.2. The van der Waals surface area contributed by atoms with E-state index in [0.717, 1.165) is 37.2 Å². The van der Waals surface area contributed by atoms with Crippen molar-refractivity contribution in [2.45, 2.75) is 45.2 Å². The van der Waals surface area contributed by atoms with Crippen molar-refractivity contribution in [1.29, 1.82) is 0 Å². The SMILES string of the molecule is CCOc1ccc(O)c(CN2CCCC2CCCO)c1. The van der Waals surface area contributed by atoms with E-state index in [2.05, 4.69) is 4.90 Å². The molecule has 4 nitrogen and oxygen atoms in total. The first kappa shape index (κ1) is 15.1. The van der Waals surface area contributed by atoms with Gasteiger partial charge in [0.1, 0.15) is 11.5 Å². The summed E-state index contributed by atoms with van der Waals surface area (Å²) in [6, 6.07) is 5.96. The van der Waals surface area contributed by atoms with Gasteiger partial charge in [-0.1, -0.05) is 0 Å². The van der Waals surface area contributed by atoms with E-state index in [1.54, 1.807) is 12.1 Å². The standard InChI is InChI=1S/C16H25NO3/c1-2-20-15-7-8-16(19)13(11-15)12-17-9-3-5-14(17)6-4-10-18/h7-8,11,14,18-19H,2-6,9-10,12H2,1H3. The Morgan fingerprint density at radius 2 is 2.25 bits per heavy atom. The highest BCUT2D eigenvalue weighted by atomic mass is 16.5. The Labute approximate surface area is 121 Å². The molecule has 1 heterocycles. The molecule has 0 aromatic heterocycles. The van der Waals surface area contributed by atoms with E-state index in [-0.39, 0.29) is 6.61 Å².